The number of nitrogens with zero attached hydrogens (tertiary/aromatic N) is 6. The van der Waals surface area contributed by atoms with Gasteiger partial charge in [0.1, 0.15) is 5.69 Å². The number of hydrogen-bond donors (Lipinski definition) is 5. The fourth-order valence-electron chi connectivity index (χ4n) is 4.89. The molecule has 3 rings (SSSR count). The van der Waals surface area contributed by atoms with Gasteiger partial charge in [-0.3, -0.25) is 44.4 Å². The quantitative estimate of drug-likeness (QED) is 0.116. The molecule has 1 aromatic carbocycles. The molecular weight excluding hydrogens is 554 g/mol. The van der Waals surface area contributed by atoms with Crippen LogP contribution in [0.5, 0.6) is 0 Å². The van der Waals surface area contributed by atoms with E-state index < -0.39 is 24.1 Å². The highest BCUT2D eigenvalue weighted by Crippen LogP contribution is 2.29. The molecule has 0 aliphatic carbocycles. The van der Waals surface area contributed by atoms with Gasteiger partial charge in [0.2, 0.25) is 11.6 Å². The number of carboxylic acids is 3. The third-order valence-electron chi connectivity index (χ3n) is 7.09. The van der Waals surface area contributed by atoms with Crippen LogP contribution in [0.4, 0.5) is 11.4 Å². The number of benzene rings is 1. The molecule has 1 aromatic rings. The van der Waals surface area contributed by atoms with Crippen LogP contribution in [0, 0.1) is 5.21 Å². The third-order valence-corrected chi connectivity index (χ3v) is 7.09. The first-order chi connectivity index (χ1) is 20.0. The van der Waals surface area contributed by atoms with Crippen LogP contribution in [-0.2, 0) is 19.2 Å². The number of aliphatic carboxylic acids is 3. The van der Waals surface area contributed by atoms with Gasteiger partial charge in [0.05, 0.1) is 19.6 Å². The summed E-state index contributed by atoms with van der Waals surface area (Å²) in [6, 6.07) is 6.61. The summed E-state index contributed by atoms with van der Waals surface area (Å²) in [6.45, 7) is 1.48. The van der Waals surface area contributed by atoms with Gasteiger partial charge in [-0.25, -0.2) is 5.06 Å². The largest absolute Gasteiger partial charge is 0.618 e. The number of carbonyl (C=O) groups excluding carboxylic acids is 1. The highest BCUT2D eigenvalue weighted by atomic mass is 16.5. The summed E-state index contributed by atoms with van der Waals surface area (Å²) in [5, 5.41) is 54.8. The van der Waals surface area contributed by atoms with Crippen molar-refractivity contribution in [1.82, 2.24) is 24.9 Å². The third kappa shape index (κ3) is 10.2. The van der Waals surface area contributed by atoms with Crippen LogP contribution in [0.15, 0.2) is 24.3 Å². The van der Waals surface area contributed by atoms with Crippen molar-refractivity contribution in [3.05, 3.63) is 29.5 Å². The van der Waals surface area contributed by atoms with Crippen molar-refractivity contribution in [3.63, 3.8) is 0 Å². The Hall–Kier alpha value is -3.83. The smallest absolute Gasteiger partial charge is 0.317 e. The molecule has 16 heteroatoms. The predicted octanol–water partition coefficient (Wildman–Crippen LogP) is -1.19. The molecule has 2 aliphatic heterocycles. The van der Waals surface area contributed by atoms with E-state index >= 15 is 0 Å². The Morgan fingerprint density at radius 3 is 1.79 bits per heavy atom. The average molecular weight is 594 g/mol. The number of carboxylic acid groups (broad SMARTS) is 3. The summed E-state index contributed by atoms with van der Waals surface area (Å²) in [6.07, 6.45) is 1.01. The maximum absolute atomic E-state index is 13.2. The van der Waals surface area contributed by atoms with E-state index in [1.165, 1.54) is 6.21 Å². The lowest BCUT2D eigenvalue weighted by atomic mass is 10.2. The number of amides is 1. The number of hydroxylamine groups is 1. The number of fused-ring (bicyclic) bond motifs is 1. The first kappa shape index (κ1) is 32.7. The van der Waals surface area contributed by atoms with Crippen LogP contribution in [0.2, 0.25) is 0 Å². The second kappa shape index (κ2) is 16.0. The highest BCUT2D eigenvalue weighted by molar-refractivity contribution is 5.77. The van der Waals surface area contributed by atoms with Crippen molar-refractivity contribution < 1.29 is 44.4 Å². The molecule has 1 atom stereocenters. The van der Waals surface area contributed by atoms with Gasteiger partial charge in [-0.1, -0.05) is 12.1 Å². The summed E-state index contributed by atoms with van der Waals surface area (Å²) in [5.41, 5.74) is 0.665. The predicted molar refractivity (Wildman–Crippen MR) is 150 cm³/mol. The van der Waals surface area contributed by atoms with Gasteiger partial charge in [-0.15, -0.1) is 0 Å². The summed E-state index contributed by atoms with van der Waals surface area (Å²) in [7, 11) is 0. The van der Waals surface area contributed by atoms with E-state index in [-0.39, 0.29) is 84.3 Å². The van der Waals surface area contributed by atoms with E-state index in [9.17, 15) is 44.9 Å². The van der Waals surface area contributed by atoms with E-state index in [0.717, 1.165) is 5.06 Å². The van der Waals surface area contributed by atoms with Gasteiger partial charge in [-0.05, 0) is 19.0 Å². The molecule has 1 unspecified atom stereocenters. The first-order valence-corrected chi connectivity index (χ1v) is 13.8. The zero-order valence-electron chi connectivity index (χ0n) is 23.4. The van der Waals surface area contributed by atoms with E-state index in [1.807, 2.05) is 0 Å². The van der Waals surface area contributed by atoms with Crippen LogP contribution in [0.25, 0.3) is 0 Å². The molecule has 0 bridgehead atoms. The van der Waals surface area contributed by atoms with Crippen molar-refractivity contribution in [3.8, 4) is 0 Å². The Morgan fingerprint density at radius 1 is 0.810 bits per heavy atom. The molecular formula is C26H39N7O9. The fourth-order valence-corrected chi connectivity index (χ4v) is 4.89. The molecule has 16 nitrogen and oxygen atoms in total. The van der Waals surface area contributed by atoms with Gasteiger partial charge in [0.15, 0.2) is 12.4 Å². The zero-order valence-corrected chi connectivity index (χ0v) is 23.4. The number of anilines is 1. The second-order valence-corrected chi connectivity index (χ2v) is 10.2. The molecule has 0 radical (unpaired) electrons. The molecule has 2 heterocycles. The Labute approximate surface area is 243 Å². The number of para-hydroxylation sites is 2. The van der Waals surface area contributed by atoms with Crippen molar-refractivity contribution in [1.29, 1.82) is 0 Å². The van der Waals surface area contributed by atoms with Crippen molar-refractivity contribution >= 4 is 41.4 Å². The highest BCUT2D eigenvalue weighted by Gasteiger charge is 2.29. The monoisotopic (exact) mass is 593 g/mol. The molecule has 1 saturated heterocycles. The molecule has 1 amide bonds. The molecule has 1 fully saturated rings. The molecule has 2 aliphatic rings. The van der Waals surface area contributed by atoms with E-state index in [2.05, 4.69) is 5.32 Å². The average Bonchev–Trinajstić information content (AvgIpc) is 2.92. The Morgan fingerprint density at radius 2 is 1.29 bits per heavy atom. The number of carbonyl (C=O) groups is 4. The van der Waals surface area contributed by atoms with Gasteiger partial charge in [0, 0.05) is 64.8 Å². The molecule has 232 valence electrons. The maximum Gasteiger partial charge on any atom is 0.317 e. The van der Waals surface area contributed by atoms with Gasteiger partial charge >= 0.3 is 17.9 Å². The molecule has 0 aromatic heterocycles. The van der Waals surface area contributed by atoms with Crippen LogP contribution in [-0.4, -0.2) is 160 Å². The molecule has 5 N–H and O–H groups in total. The van der Waals surface area contributed by atoms with Crippen molar-refractivity contribution in [2.75, 3.05) is 83.6 Å². The van der Waals surface area contributed by atoms with Gasteiger partial charge in [0.25, 0.3) is 0 Å². The SMILES string of the molecule is O=C(O)CN1CCN(CC(=O)O)CCN(C(=O)CCCNC2C=[N+]([O-])c3ccccc3N2O)CCN(CC(=O)O)CC1. The lowest BCUT2D eigenvalue weighted by molar-refractivity contribution is -0.359. The number of hydrogen-bond acceptors (Lipinski definition) is 11. The van der Waals surface area contributed by atoms with Crippen LogP contribution < -0.4 is 10.4 Å². The summed E-state index contributed by atoms with van der Waals surface area (Å²) in [5.74, 6) is -3.32. The minimum atomic E-state index is -1.04. The van der Waals surface area contributed by atoms with E-state index in [4.69, 9.17) is 0 Å². The van der Waals surface area contributed by atoms with E-state index in [1.54, 1.807) is 43.9 Å². The van der Waals surface area contributed by atoms with E-state index in [0.29, 0.717) is 29.1 Å². The molecule has 0 saturated carbocycles. The Bertz CT molecular complexity index is 1100. The maximum atomic E-state index is 13.2. The fraction of sp³-hybridized carbons (Fsp3) is 0.577. The number of nitrogens with one attached hydrogen (secondary N) is 1. The normalized spacial score (nSPS) is 19.7. The van der Waals surface area contributed by atoms with Crippen LogP contribution >= 0.6 is 0 Å². The standard InChI is InChI=1S/C26H39N7O9/c34-23(6-3-7-27-22-16-32(41)20-4-1-2-5-21(20)33(22)42)31-14-12-29(18-25(37)38)10-8-28(17-24(35)36)9-11-30(13-15-31)19-26(39)40/h1-2,4-5,16,22,27,42H,3,6-15,17-19H2,(H,35,36)(H,37,38)(H,39,40). The minimum absolute atomic E-state index is 0.132. The zero-order chi connectivity index (χ0) is 30.6. The topological polar surface area (TPSA) is 203 Å². The molecule has 0 spiro atoms. The summed E-state index contributed by atoms with van der Waals surface area (Å²) in [4.78, 5) is 53.9. The lowest BCUT2D eigenvalue weighted by Gasteiger charge is -2.33. The number of rotatable bonds is 11. The van der Waals surface area contributed by atoms with Crippen LogP contribution in [0.3, 0.4) is 0 Å². The van der Waals surface area contributed by atoms with Crippen LogP contribution in [0.1, 0.15) is 12.8 Å². The molecule has 42 heavy (non-hydrogen) atoms. The second-order valence-electron chi connectivity index (χ2n) is 10.2. The minimum Gasteiger partial charge on any atom is -0.618 e. The summed E-state index contributed by atoms with van der Waals surface area (Å²) < 4.78 is 0.675. The Kier molecular flexibility index (Phi) is 12.4. The van der Waals surface area contributed by atoms with Crippen molar-refractivity contribution in [2.45, 2.75) is 19.0 Å². The summed E-state index contributed by atoms with van der Waals surface area (Å²) >= 11 is 0. The first-order valence-electron chi connectivity index (χ1n) is 13.8. The van der Waals surface area contributed by atoms with Gasteiger partial charge < -0.3 is 25.4 Å². The van der Waals surface area contributed by atoms with Crippen molar-refractivity contribution in [2.24, 2.45) is 0 Å². The Balaban J connectivity index is 1.60. The lowest BCUT2D eigenvalue weighted by Crippen LogP contribution is -2.50. The van der Waals surface area contributed by atoms with Gasteiger partial charge in [-0.2, -0.15) is 4.74 Å².